The summed E-state index contributed by atoms with van der Waals surface area (Å²) in [6, 6.07) is 0. The molecule has 28 heteroatoms. The first-order chi connectivity index (χ1) is 49.0. The van der Waals surface area contributed by atoms with Crippen LogP contribution in [-0.2, 0) is 85.6 Å². The van der Waals surface area contributed by atoms with Crippen molar-refractivity contribution in [2.45, 2.75) is 193 Å². The van der Waals surface area contributed by atoms with Gasteiger partial charge in [-0.15, -0.1) is 0 Å². The Labute approximate surface area is 599 Å². The van der Waals surface area contributed by atoms with Crippen LogP contribution < -0.4 is 0 Å². The maximum atomic E-state index is 12.3. The Morgan fingerprint density at radius 1 is 0.170 bits per heavy atom. The van der Waals surface area contributed by atoms with E-state index in [4.69, 9.17) is 87.5 Å². The fraction of sp³-hybridized carbons (Fsp3) is 0.917. The van der Waals surface area contributed by atoms with Crippen LogP contribution in [0.4, 0.5) is 0 Å². The van der Waals surface area contributed by atoms with E-state index in [2.05, 4.69) is 19.6 Å². The fourth-order valence-corrected chi connectivity index (χ4v) is 9.83. The Bertz CT molecular complexity index is 1630. The molecule has 0 aromatic carbocycles. The van der Waals surface area contributed by atoms with Crippen LogP contribution in [0.25, 0.3) is 0 Å². The minimum Gasteiger partial charge on any atom is -0.466 e. The van der Waals surface area contributed by atoms with Gasteiger partial charge in [-0.05, 0) is 77.0 Å². The lowest BCUT2D eigenvalue weighted by molar-refractivity contribution is -0.145. The topological polar surface area (TPSA) is 348 Å². The van der Waals surface area contributed by atoms with E-state index in [9.17, 15) is 28.8 Å². The number of esters is 6. The van der Waals surface area contributed by atoms with Crippen molar-refractivity contribution >= 4 is 35.8 Å². The van der Waals surface area contributed by atoms with Crippen molar-refractivity contribution < 1.29 is 116 Å². The van der Waals surface area contributed by atoms with Crippen LogP contribution >= 0.6 is 0 Å². The molecule has 0 unspecified atom stereocenters. The first-order valence-corrected chi connectivity index (χ1v) is 38.0. The largest absolute Gasteiger partial charge is 0.466 e. The second kappa shape index (κ2) is 77.8. The highest BCUT2D eigenvalue weighted by molar-refractivity contribution is 5.71. The smallest absolute Gasteiger partial charge is 0.305 e. The summed E-state index contributed by atoms with van der Waals surface area (Å²) in [5.74, 6) is -1.56. The molecule has 0 heterocycles. The quantitative estimate of drug-likeness (QED) is 0.0258. The number of nitrogens with zero attached hydrogens (tertiary/aromatic N) is 4. The van der Waals surface area contributed by atoms with Gasteiger partial charge in [0.05, 0.1) is 79.3 Å². The van der Waals surface area contributed by atoms with Crippen molar-refractivity contribution in [1.82, 2.24) is 19.6 Å². The molecule has 590 valence electrons. The van der Waals surface area contributed by atoms with Crippen molar-refractivity contribution in [2.24, 2.45) is 0 Å². The van der Waals surface area contributed by atoms with E-state index in [1.54, 1.807) is 0 Å². The predicted octanol–water partition coefficient (Wildman–Crippen LogP) is 5.21. The Morgan fingerprint density at radius 2 is 0.320 bits per heavy atom. The number of hydrogen-bond acceptors (Lipinski definition) is 28. The van der Waals surface area contributed by atoms with Crippen molar-refractivity contribution in [3.05, 3.63) is 0 Å². The molecular weight excluding hydrogens is 1300 g/mol. The van der Waals surface area contributed by atoms with Gasteiger partial charge in [-0.2, -0.15) is 0 Å². The van der Waals surface area contributed by atoms with Crippen molar-refractivity contribution in [3.63, 3.8) is 0 Å². The monoisotopic (exact) mass is 1440 g/mol. The van der Waals surface area contributed by atoms with Gasteiger partial charge in [0.2, 0.25) is 0 Å². The number of hydrogen-bond donors (Lipinski definition) is 6. The average molecular weight is 1440 g/mol. The van der Waals surface area contributed by atoms with E-state index >= 15 is 0 Å². The minimum absolute atomic E-state index is 0.0945. The van der Waals surface area contributed by atoms with Crippen molar-refractivity contribution in [1.29, 1.82) is 0 Å². The average Bonchev–Trinajstić information content (AvgIpc) is 2.60. The van der Waals surface area contributed by atoms with Crippen LogP contribution in [0, 0.1) is 0 Å². The number of carbonyl (C=O) groups excluding carboxylic acids is 6. The lowest BCUT2D eigenvalue weighted by atomic mass is 10.2. The molecule has 28 nitrogen and oxygen atoms in total. The zero-order valence-electron chi connectivity index (χ0n) is 61.5. The molecule has 6 N–H and O–H groups in total. The molecule has 0 atom stereocenters. The molecule has 100 heavy (non-hydrogen) atoms. The van der Waals surface area contributed by atoms with E-state index in [-0.39, 0.29) is 115 Å². The van der Waals surface area contributed by atoms with Gasteiger partial charge in [0.25, 0.3) is 0 Å². The summed E-state index contributed by atoms with van der Waals surface area (Å²) in [6.07, 6.45) is 17.6. The van der Waals surface area contributed by atoms with Crippen molar-refractivity contribution in [2.75, 3.05) is 237 Å². The third-order valence-electron chi connectivity index (χ3n) is 15.9. The molecule has 0 spiro atoms. The summed E-state index contributed by atoms with van der Waals surface area (Å²) < 4.78 is 69.1. The molecular formula is C72H138N4O24. The Morgan fingerprint density at radius 3 is 0.470 bits per heavy atom. The first kappa shape index (κ1) is 96.2. The van der Waals surface area contributed by atoms with E-state index in [0.717, 1.165) is 38.5 Å². The van der Waals surface area contributed by atoms with E-state index in [0.29, 0.717) is 312 Å². The molecule has 0 bridgehead atoms. The number of aliphatic hydroxyl groups is 6. The molecule has 0 radical (unpaired) electrons. The molecule has 0 aromatic heterocycles. The van der Waals surface area contributed by atoms with Gasteiger partial charge in [0.15, 0.2) is 0 Å². The molecule has 0 amide bonds. The summed E-state index contributed by atoms with van der Waals surface area (Å²) >= 11 is 0. The van der Waals surface area contributed by atoms with E-state index in [1.807, 2.05) is 0 Å². The van der Waals surface area contributed by atoms with E-state index < -0.39 is 0 Å². The summed E-state index contributed by atoms with van der Waals surface area (Å²) in [5, 5.41) is 54.4. The second-order valence-electron chi connectivity index (χ2n) is 24.7. The summed E-state index contributed by atoms with van der Waals surface area (Å²) in [4.78, 5) is 82.8. The SMILES string of the molecule is O=C(CCCCCO)OCCCOCCN(CCOCCCOC(=O)CCCCCO)CCN(CCOCCCOC(=O)CCCCCO)CCN(CCOCCCOC(=O)CCCCCO)CCN(CCOCCCOC(=O)CCCCCO)CCOCCCOC(=O)CCCCCO. The number of rotatable bonds is 81. The van der Waals surface area contributed by atoms with Gasteiger partial charge in [-0.25, -0.2) is 0 Å². The first-order valence-electron chi connectivity index (χ1n) is 38.0. The van der Waals surface area contributed by atoms with Gasteiger partial charge in [0.1, 0.15) is 0 Å². The molecule has 0 saturated heterocycles. The third kappa shape index (κ3) is 71.2. The Hall–Kier alpha value is -3.82. The lowest BCUT2D eigenvalue weighted by Gasteiger charge is -2.31. The van der Waals surface area contributed by atoms with Crippen LogP contribution in [0.3, 0.4) is 0 Å². The Balaban J connectivity index is 6.47. The van der Waals surface area contributed by atoms with Crippen LogP contribution in [0.5, 0.6) is 0 Å². The van der Waals surface area contributed by atoms with Crippen LogP contribution in [0.2, 0.25) is 0 Å². The van der Waals surface area contributed by atoms with Crippen molar-refractivity contribution in [3.8, 4) is 0 Å². The predicted molar refractivity (Wildman–Crippen MR) is 377 cm³/mol. The van der Waals surface area contributed by atoms with Gasteiger partial charge >= 0.3 is 35.8 Å². The summed E-state index contributed by atoms with van der Waals surface area (Å²) in [5.41, 5.74) is 0. The van der Waals surface area contributed by atoms with Crippen LogP contribution in [0.1, 0.15) is 193 Å². The molecule has 0 aliphatic carbocycles. The third-order valence-corrected chi connectivity index (χ3v) is 15.9. The molecule has 0 rings (SSSR count). The molecule has 0 fully saturated rings. The highest BCUT2D eigenvalue weighted by atomic mass is 16.6. The lowest BCUT2D eigenvalue weighted by Crippen LogP contribution is -2.45. The van der Waals surface area contributed by atoms with Gasteiger partial charge in [-0.3, -0.25) is 48.4 Å². The number of carbonyl (C=O) groups is 6. The minimum atomic E-state index is -0.263. The summed E-state index contributed by atoms with van der Waals surface area (Å²) in [6.45, 7) is 14.7. The highest BCUT2D eigenvalue weighted by Gasteiger charge is 2.17. The summed E-state index contributed by atoms with van der Waals surface area (Å²) in [7, 11) is 0. The van der Waals surface area contributed by atoms with Crippen LogP contribution in [-0.4, -0.2) is 323 Å². The number of unbranched alkanes of at least 4 members (excludes halogenated alkanes) is 12. The maximum absolute atomic E-state index is 12.3. The van der Waals surface area contributed by atoms with Gasteiger partial charge < -0.3 is 87.5 Å². The Kier molecular flexibility index (Phi) is 74.8. The van der Waals surface area contributed by atoms with E-state index in [1.165, 1.54) is 0 Å². The standard InChI is InChI=1S/C72H138N4O24/c77-43-13-1-7-25-67(83)95-55-19-49-89-61-37-73(33-35-75(39-63-91-51-21-57-97-69(85)27-9-3-15-45-79)40-64-92-52-22-58-98-70(86)28-10-4-16-46-80)31-32-74(38-62-90-50-20-56-96-68(84)26-8-2-14-44-78)34-36-76(41-65-93-53-23-59-99-71(87)29-11-5-17-47-81)42-66-94-54-24-60-100-72(88)30-12-6-18-48-82/h77-82H,1-66H2. The normalized spacial score (nSPS) is 11.6. The molecule has 0 aliphatic heterocycles. The number of ether oxygens (including phenoxy) is 12. The molecule has 0 saturated carbocycles. The highest BCUT2D eigenvalue weighted by Crippen LogP contribution is 2.09. The van der Waals surface area contributed by atoms with Crippen LogP contribution in [0.15, 0.2) is 0 Å². The number of aliphatic hydroxyl groups excluding tert-OH is 6. The zero-order chi connectivity index (χ0) is 72.9. The molecule has 0 aliphatic rings. The second-order valence-corrected chi connectivity index (χ2v) is 24.7. The van der Waals surface area contributed by atoms with Gasteiger partial charge in [0, 0.05) is 235 Å². The fourth-order valence-electron chi connectivity index (χ4n) is 9.83. The zero-order valence-corrected chi connectivity index (χ0v) is 61.5. The molecule has 0 aromatic rings. The maximum Gasteiger partial charge on any atom is 0.305 e. The van der Waals surface area contributed by atoms with Gasteiger partial charge in [-0.1, -0.05) is 38.5 Å².